The molecule has 0 heterocycles. The summed E-state index contributed by atoms with van der Waals surface area (Å²) in [6.07, 6.45) is 11.5. The van der Waals surface area contributed by atoms with E-state index in [9.17, 15) is 0 Å². The van der Waals surface area contributed by atoms with Crippen molar-refractivity contribution < 1.29 is 0 Å². The van der Waals surface area contributed by atoms with Gasteiger partial charge in [0, 0.05) is 5.54 Å². The summed E-state index contributed by atoms with van der Waals surface area (Å²) in [4.78, 5) is 0. The van der Waals surface area contributed by atoms with Crippen LogP contribution in [0, 0.1) is 22.2 Å². The summed E-state index contributed by atoms with van der Waals surface area (Å²) < 4.78 is 0. The van der Waals surface area contributed by atoms with Gasteiger partial charge in [0.25, 0.3) is 0 Å². The molecular formula is C15H25N. The van der Waals surface area contributed by atoms with Crippen molar-refractivity contribution in [2.75, 3.05) is 0 Å². The monoisotopic (exact) mass is 219 g/mol. The molecule has 0 radical (unpaired) electrons. The molecule has 0 saturated heterocycles. The average Bonchev–Trinajstić information content (AvgIpc) is 2.77. The Hall–Kier alpha value is -0.0400. The van der Waals surface area contributed by atoms with E-state index in [-0.39, 0.29) is 5.54 Å². The van der Waals surface area contributed by atoms with Crippen LogP contribution in [0.1, 0.15) is 65.2 Å². The van der Waals surface area contributed by atoms with Crippen molar-refractivity contribution in [2.24, 2.45) is 27.9 Å². The maximum absolute atomic E-state index is 6.66. The van der Waals surface area contributed by atoms with Crippen molar-refractivity contribution in [1.82, 2.24) is 0 Å². The van der Waals surface area contributed by atoms with Crippen molar-refractivity contribution in [1.29, 1.82) is 0 Å². The Morgan fingerprint density at radius 3 is 1.88 bits per heavy atom. The van der Waals surface area contributed by atoms with Crippen LogP contribution < -0.4 is 5.73 Å². The highest BCUT2D eigenvalue weighted by Crippen LogP contribution is 2.74. The highest BCUT2D eigenvalue weighted by molar-refractivity contribution is 5.22. The molecule has 5 fully saturated rings. The van der Waals surface area contributed by atoms with Crippen molar-refractivity contribution in [3.8, 4) is 0 Å². The lowest BCUT2D eigenvalue weighted by Gasteiger charge is -2.67. The molecule has 5 aliphatic rings. The van der Waals surface area contributed by atoms with Gasteiger partial charge in [0.05, 0.1) is 0 Å². The van der Waals surface area contributed by atoms with Crippen LogP contribution in [-0.4, -0.2) is 5.54 Å². The number of nitrogens with two attached hydrogens (primary N) is 1. The minimum atomic E-state index is 0.259. The van der Waals surface area contributed by atoms with E-state index in [4.69, 9.17) is 5.73 Å². The molecule has 0 amide bonds. The van der Waals surface area contributed by atoms with Gasteiger partial charge in [-0.1, -0.05) is 13.8 Å². The average molecular weight is 219 g/mol. The van der Waals surface area contributed by atoms with Crippen LogP contribution in [0.25, 0.3) is 0 Å². The predicted octanol–water partition coefficient (Wildman–Crippen LogP) is 3.47. The maximum atomic E-state index is 6.66. The summed E-state index contributed by atoms with van der Waals surface area (Å²) in [7, 11) is 0. The van der Waals surface area contributed by atoms with Crippen LogP contribution in [0.15, 0.2) is 0 Å². The first-order valence-electron chi connectivity index (χ1n) is 7.15. The lowest BCUT2D eigenvalue weighted by Crippen LogP contribution is -2.61. The normalized spacial score (nSPS) is 61.3. The summed E-state index contributed by atoms with van der Waals surface area (Å²) in [5.74, 6) is 1.01. The van der Waals surface area contributed by atoms with Gasteiger partial charge in [-0.15, -0.1) is 0 Å². The highest BCUT2D eigenvalue weighted by Gasteiger charge is 2.68. The second-order valence-corrected chi connectivity index (χ2v) is 8.57. The van der Waals surface area contributed by atoms with Gasteiger partial charge in [0.2, 0.25) is 0 Å². The zero-order chi connectivity index (χ0) is 11.2. The Bertz CT molecular complexity index is 336. The Kier molecular flexibility index (Phi) is 1.48. The maximum Gasteiger partial charge on any atom is 0.0213 e. The number of rotatable bonds is 1. The molecule has 0 aromatic carbocycles. The van der Waals surface area contributed by atoms with Gasteiger partial charge in [0.1, 0.15) is 0 Å². The van der Waals surface area contributed by atoms with Crippen molar-refractivity contribution in [3.63, 3.8) is 0 Å². The first-order chi connectivity index (χ1) is 7.36. The van der Waals surface area contributed by atoms with Crippen molar-refractivity contribution >= 4 is 0 Å². The molecule has 1 nitrogen and oxygen atoms in total. The molecule has 5 aliphatic carbocycles. The van der Waals surface area contributed by atoms with Crippen LogP contribution in [0.2, 0.25) is 0 Å². The molecule has 5 saturated carbocycles. The van der Waals surface area contributed by atoms with Gasteiger partial charge in [-0.05, 0) is 73.5 Å². The molecule has 4 bridgehead atoms. The van der Waals surface area contributed by atoms with E-state index in [1.54, 1.807) is 0 Å². The Morgan fingerprint density at radius 2 is 1.44 bits per heavy atom. The van der Waals surface area contributed by atoms with Gasteiger partial charge in [-0.25, -0.2) is 0 Å². The van der Waals surface area contributed by atoms with E-state index in [0.717, 1.165) is 5.92 Å². The first-order valence-corrected chi connectivity index (χ1v) is 7.15. The van der Waals surface area contributed by atoms with Gasteiger partial charge in [-0.3, -0.25) is 0 Å². The molecule has 0 aromatic heterocycles. The number of hydrogen-bond acceptors (Lipinski definition) is 1. The van der Waals surface area contributed by atoms with Crippen LogP contribution >= 0.6 is 0 Å². The highest BCUT2D eigenvalue weighted by atomic mass is 14.9. The zero-order valence-electron chi connectivity index (χ0n) is 10.8. The second kappa shape index (κ2) is 2.39. The fourth-order valence-corrected chi connectivity index (χ4v) is 6.67. The Balaban J connectivity index is 1.80. The van der Waals surface area contributed by atoms with Gasteiger partial charge >= 0.3 is 0 Å². The Labute approximate surface area is 99.2 Å². The molecule has 16 heavy (non-hydrogen) atoms. The van der Waals surface area contributed by atoms with Crippen LogP contribution in [0.4, 0.5) is 0 Å². The molecule has 2 unspecified atom stereocenters. The van der Waals surface area contributed by atoms with Crippen LogP contribution in [0.5, 0.6) is 0 Å². The zero-order valence-corrected chi connectivity index (χ0v) is 10.8. The lowest BCUT2D eigenvalue weighted by atomic mass is 9.38. The summed E-state index contributed by atoms with van der Waals surface area (Å²) in [5.41, 5.74) is 8.76. The van der Waals surface area contributed by atoms with Crippen molar-refractivity contribution in [2.45, 2.75) is 70.8 Å². The summed E-state index contributed by atoms with van der Waals surface area (Å²) in [6, 6.07) is 0. The summed E-state index contributed by atoms with van der Waals surface area (Å²) in [5, 5.41) is 0. The molecule has 90 valence electrons. The number of hydrogen-bond donors (Lipinski definition) is 1. The quantitative estimate of drug-likeness (QED) is 0.718. The summed E-state index contributed by atoms with van der Waals surface area (Å²) >= 11 is 0. The third-order valence-corrected chi connectivity index (χ3v) is 6.47. The lowest BCUT2D eigenvalue weighted by molar-refractivity contribution is -0.158. The first kappa shape index (κ1) is 9.94. The van der Waals surface area contributed by atoms with E-state index in [1.807, 2.05) is 0 Å². The van der Waals surface area contributed by atoms with E-state index in [1.165, 1.54) is 51.4 Å². The molecule has 1 heteroatoms. The SMILES string of the molecule is CC12CC3CC(C)(C1)CC(C1(N)CC1)(C3)C2. The molecule has 0 aromatic rings. The third kappa shape index (κ3) is 1.06. The van der Waals surface area contributed by atoms with Crippen LogP contribution in [0.3, 0.4) is 0 Å². The Morgan fingerprint density at radius 1 is 0.875 bits per heavy atom. The fraction of sp³-hybridized carbons (Fsp3) is 1.00. The minimum absolute atomic E-state index is 0.259. The van der Waals surface area contributed by atoms with Gasteiger partial charge in [-0.2, -0.15) is 0 Å². The van der Waals surface area contributed by atoms with E-state index >= 15 is 0 Å². The smallest absolute Gasteiger partial charge is 0.0213 e. The molecular weight excluding hydrogens is 194 g/mol. The molecule has 5 rings (SSSR count). The largest absolute Gasteiger partial charge is 0.325 e. The fourth-order valence-electron chi connectivity index (χ4n) is 6.67. The molecule has 2 atom stereocenters. The second-order valence-electron chi connectivity index (χ2n) is 8.57. The summed E-state index contributed by atoms with van der Waals surface area (Å²) in [6.45, 7) is 5.10. The van der Waals surface area contributed by atoms with Gasteiger partial charge in [0.15, 0.2) is 0 Å². The predicted molar refractivity (Wildman–Crippen MR) is 66.0 cm³/mol. The van der Waals surface area contributed by atoms with E-state index in [0.29, 0.717) is 16.2 Å². The topological polar surface area (TPSA) is 26.0 Å². The third-order valence-electron chi connectivity index (χ3n) is 6.47. The van der Waals surface area contributed by atoms with Crippen molar-refractivity contribution in [3.05, 3.63) is 0 Å². The van der Waals surface area contributed by atoms with E-state index in [2.05, 4.69) is 13.8 Å². The standard InChI is InChI=1S/C15H25N/c1-12-5-11-6-13(2,8-12)10-14(7-11,9-12)15(16)3-4-15/h11H,3-10,16H2,1-2H3. The van der Waals surface area contributed by atoms with Gasteiger partial charge < -0.3 is 5.73 Å². The van der Waals surface area contributed by atoms with Crippen LogP contribution in [-0.2, 0) is 0 Å². The molecule has 0 aliphatic heterocycles. The molecule has 2 N–H and O–H groups in total. The molecule has 0 spiro atoms. The van der Waals surface area contributed by atoms with E-state index < -0.39 is 0 Å². The minimum Gasteiger partial charge on any atom is -0.325 e.